The highest BCUT2D eigenvalue weighted by molar-refractivity contribution is 7.27. The Morgan fingerprint density at radius 1 is 1.14 bits per heavy atom. The van der Waals surface area contributed by atoms with Crippen LogP contribution in [0.3, 0.4) is 0 Å². The number of carbonyl (C=O) groups excluding carboxylic acids is 1. The molecule has 0 saturated carbocycles. The van der Waals surface area contributed by atoms with E-state index < -0.39 is 0 Å². The van der Waals surface area contributed by atoms with Crippen molar-refractivity contribution < 1.29 is 9.90 Å². The summed E-state index contributed by atoms with van der Waals surface area (Å²) in [6.07, 6.45) is 0.346. The third-order valence-corrected chi connectivity index (χ3v) is 10.4. The van der Waals surface area contributed by atoms with Crippen molar-refractivity contribution >= 4 is 64.2 Å². The molecule has 14 heteroatoms. The number of carbonyl (C=O) groups is 1. The van der Waals surface area contributed by atoms with E-state index in [1.807, 2.05) is 40.7 Å². The Hall–Kier alpha value is -3.14. The Morgan fingerprint density at radius 2 is 1.83 bits per heavy atom. The number of likely N-dealkylation sites (tertiary alicyclic amines) is 1. The molecule has 0 aliphatic carbocycles. The van der Waals surface area contributed by atoms with Gasteiger partial charge in [0.2, 0.25) is 16.0 Å². The quantitative estimate of drug-likeness (QED) is 0.310. The van der Waals surface area contributed by atoms with Crippen molar-refractivity contribution in [2.75, 3.05) is 49.6 Å². The molecular weight excluding hydrogens is 589 g/mol. The standard InChI is InChI=1S/C28H34N9O2PS2/c1-5-21-25(33(4)26-31-24(22(10-29)41-26)18-6-8-20(40)9-7-18)37-27(30-21)42-28(32-37)35-11-16(2)36(17(3)12-35)15-23(39)34-13-19(38)14-34/h6-9,16-17,19,38H,5,11-15,40H2,1-4H3/t16-,17+. The number of imidazole rings is 1. The van der Waals surface area contributed by atoms with Gasteiger partial charge in [0.1, 0.15) is 16.6 Å². The third kappa shape index (κ3) is 5.27. The Balaban J connectivity index is 1.25. The summed E-state index contributed by atoms with van der Waals surface area (Å²) in [5.74, 6) is 0.924. The van der Waals surface area contributed by atoms with Crippen LogP contribution in [-0.4, -0.2) is 98.4 Å². The van der Waals surface area contributed by atoms with E-state index in [9.17, 15) is 15.2 Å². The van der Waals surface area contributed by atoms with Gasteiger partial charge < -0.3 is 19.8 Å². The molecule has 0 radical (unpaired) electrons. The Bertz CT molecular complexity index is 1640. The first-order chi connectivity index (χ1) is 20.2. The second-order valence-corrected chi connectivity index (χ2v) is 13.6. The van der Waals surface area contributed by atoms with Crippen LogP contribution in [-0.2, 0) is 11.2 Å². The molecule has 3 aromatic heterocycles. The number of fused-ring (bicyclic) bond motifs is 1. The smallest absolute Gasteiger partial charge is 0.236 e. The minimum atomic E-state index is -0.389. The maximum Gasteiger partial charge on any atom is 0.236 e. The van der Waals surface area contributed by atoms with E-state index in [0.717, 1.165) is 52.0 Å². The largest absolute Gasteiger partial charge is 0.389 e. The average molecular weight is 624 g/mol. The molecule has 1 N–H and O–H groups in total. The SMILES string of the molecule is CCc1nc2sc(N3C[C@@H](C)N(CC(=O)N4CC(O)C4)[C@@H](C)C3)nn2c1N(C)c1nc(-c2ccc(P)cc2)c(C#N)s1. The second-order valence-electron chi connectivity index (χ2n) is 11.0. The zero-order chi connectivity index (χ0) is 29.7. The fourth-order valence-corrected chi connectivity index (χ4v) is 7.64. The number of rotatable bonds is 7. The van der Waals surface area contributed by atoms with Gasteiger partial charge in [-0.25, -0.2) is 9.97 Å². The van der Waals surface area contributed by atoms with Gasteiger partial charge in [-0.15, -0.1) is 14.3 Å². The Morgan fingerprint density at radius 3 is 2.45 bits per heavy atom. The van der Waals surface area contributed by atoms with E-state index in [1.54, 1.807) is 16.2 Å². The summed E-state index contributed by atoms with van der Waals surface area (Å²) in [7, 11) is 4.63. The molecule has 0 bridgehead atoms. The summed E-state index contributed by atoms with van der Waals surface area (Å²) in [5.41, 5.74) is 2.51. The summed E-state index contributed by atoms with van der Waals surface area (Å²) in [6.45, 7) is 9.10. The van der Waals surface area contributed by atoms with E-state index in [2.05, 4.69) is 45.9 Å². The van der Waals surface area contributed by atoms with Crippen LogP contribution in [0.5, 0.6) is 0 Å². The fraction of sp³-hybridized carbons (Fsp3) is 0.464. The first kappa shape index (κ1) is 29.0. The maximum atomic E-state index is 12.7. The lowest BCUT2D eigenvalue weighted by molar-refractivity contribution is -0.143. The van der Waals surface area contributed by atoms with Crippen LogP contribution in [0.2, 0.25) is 0 Å². The highest BCUT2D eigenvalue weighted by atomic mass is 32.1. The van der Waals surface area contributed by atoms with Crippen LogP contribution in [0.4, 0.5) is 16.1 Å². The zero-order valence-corrected chi connectivity index (χ0v) is 26.8. The number of β-amino-alcohol motifs (C(OH)–C–C–N with tert-alkyl or cyclic N) is 1. The number of nitrogens with zero attached hydrogens (tertiary/aromatic N) is 9. The number of benzene rings is 1. The van der Waals surface area contributed by atoms with Crippen molar-refractivity contribution in [2.45, 2.75) is 45.4 Å². The van der Waals surface area contributed by atoms with E-state index in [0.29, 0.717) is 35.3 Å². The van der Waals surface area contributed by atoms with Gasteiger partial charge in [-0.05, 0) is 25.6 Å². The summed E-state index contributed by atoms with van der Waals surface area (Å²) >= 11 is 2.93. The molecule has 6 rings (SSSR count). The zero-order valence-electron chi connectivity index (χ0n) is 24.1. The molecule has 2 saturated heterocycles. The van der Waals surface area contributed by atoms with Crippen LogP contribution >= 0.6 is 31.9 Å². The normalized spacial score (nSPS) is 19.7. The third-order valence-electron chi connectivity index (χ3n) is 7.98. The molecule has 1 aromatic carbocycles. The van der Waals surface area contributed by atoms with Crippen molar-refractivity contribution in [3.63, 3.8) is 0 Å². The lowest BCUT2D eigenvalue weighted by Crippen LogP contribution is -2.61. The van der Waals surface area contributed by atoms with Crippen molar-refractivity contribution in [3.05, 3.63) is 34.8 Å². The number of aromatic nitrogens is 4. The lowest BCUT2D eigenvalue weighted by atomic mass is 10.1. The molecule has 11 nitrogen and oxygen atoms in total. The minimum absolute atomic E-state index is 0.0752. The van der Waals surface area contributed by atoms with Gasteiger partial charge in [0.05, 0.1) is 18.3 Å². The van der Waals surface area contributed by atoms with E-state index in [-0.39, 0.29) is 24.1 Å². The topological polar surface area (TPSA) is 117 Å². The lowest BCUT2D eigenvalue weighted by Gasteiger charge is -2.45. The van der Waals surface area contributed by atoms with Gasteiger partial charge >= 0.3 is 0 Å². The summed E-state index contributed by atoms with van der Waals surface area (Å²) in [4.78, 5) is 32.1. The van der Waals surface area contributed by atoms with Crippen LogP contribution in [0.15, 0.2) is 24.3 Å². The molecule has 1 unspecified atom stereocenters. The summed E-state index contributed by atoms with van der Waals surface area (Å²) in [5, 5.41) is 27.1. The predicted molar refractivity (Wildman–Crippen MR) is 170 cm³/mol. The molecule has 4 aromatic rings. The summed E-state index contributed by atoms with van der Waals surface area (Å²) in [6, 6.07) is 10.6. The highest BCUT2D eigenvalue weighted by Crippen LogP contribution is 2.38. The number of hydrogen-bond acceptors (Lipinski definition) is 11. The first-order valence-electron chi connectivity index (χ1n) is 14.0. The number of aliphatic hydroxyl groups is 1. The number of anilines is 3. The molecule has 2 aliphatic heterocycles. The van der Waals surface area contributed by atoms with Gasteiger partial charge in [-0.1, -0.05) is 53.9 Å². The van der Waals surface area contributed by atoms with Gasteiger partial charge in [0.25, 0.3) is 0 Å². The van der Waals surface area contributed by atoms with Gasteiger partial charge in [0, 0.05) is 50.9 Å². The van der Waals surface area contributed by atoms with Crippen LogP contribution < -0.4 is 15.1 Å². The van der Waals surface area contributed by atoms with Crippen molar-refractivity contribution in [1.29, 1.82) is 5.26 Å². The van der Waals surface area contributed by atoms with E-state index in [1.165, 1.54) is 11.3 Å². The number of aliphatic hydroxyl groups excluding tert-OH is 1. The number of amides is 1. The number of aryl methyl sites for hydroxylation is 1. The number of hydrogen-bond donors (Lipinski definition) is 1. The number of thiazole rings is 1. The fourth-order valence-electron chi connectivity index (χ4n) is 5.67. The molecule has 220 valence electrons. The molecule has 42 heavy (non-hydrogen) atoms. The average Bonchev–Trinajstić information content (AvgIpc) is 3.65. The number of nitriles is 1. The predicted octanol–water partition coefficient (Wildman–Crippen LogP) is 2.72. The van der Waals surface area contributed by atoms with Crippen molar-refractivity contribution in [1.82, 2.24) is 29.4 Å². The van der Waals surface area contributed by atoms with Gasteiger partial charge in [-0.3, -0.25) is 9.69 Å². The van der Waals surface area contributed by atoms with Crippen molar-refractivity contribution in [3.8, 4) is 17.3 Å². The molecule has 2 aliphatic rings. The van der Waals surface area contributed by atoms with Crippen molar-refractivity contribution in [2.24, 2.45) is 0 Å². The maximum absolute atomic E-state index is 12.7. The monoisotopic (exact) mass is 623 g/mol. The summed E-state index contributed by atoms with van der Waals surface area (Å²) < 4.78 is 1.90. The minimum Gasteiger partial charge on any atom is -0.389 e. The van der Waals surface area contributed by atoms with Gasteiger partial charge in [0.15, 0.2) is 10.9 Å². The molecular formula is C28H34N9O2PS2. The second kappa shape index (κ2) is 11.5. The van der Waals surface area contributed by atoms with E-state index in [4.69, 9.17) is 15.1 Å². The molecule has 2 fully saturated rings. The molecule has 0 spiro atoms. The Kier molecular flexibility index (Phi) is 7.93. The van der Waals surface area contributed by atoms with Crippen LogP contribution in [0.25, 0.3) is 16.2 Å². The first-order valence-corrected chi connectivity index (χ1v) is 16.2. The van der Waals surface area contributed by atoms with Crippen LogP contribution in [0, 0.1) is 11.3 Å². The molecule has 3 atom stereocenters. The Labute approximate surface area is 255 Å². The van der Waals surface area contributed by atoms with Gasteiger partial charge in [-0.2, -0.15) is 9.78 Å². The van der Waals surface area contributed by atoms with Crippen LogP contribution in [0.1, 0.15) is 31.3 Å². The molecule has 5 heterocycles. The highest BCUT2D eigenvalue weighted by Gasteiger charge is 2.36. The molecule has 1 amide bonds. The number of piperazine rings is 1. The van der Waals surface area contributed by atoms with E-state index >= 15 is 0 Å².